The van der Waals surface area contributed by atoms with Crippen LogP contribution < -0.4 is 16.2 Å². The van der Waals surface area contributed by atoms with E-state index < -0.39 is 6.04 Å². The zero-order valence-electron chi connectivity index (χ0n) is 20.8. The van der Waals surface area contributed by atoms with E-state index >= 15 is 0 Å². The molecule has 1 unspecified atom stereocenters. The number of likely N-dealkylation sites (tertiary alicyclic amines) is 1. The van der Waals surface area contributed by atoms with Gasteiger partial charge in [-0.3, -0.25) is 10.2 Å². The van der Waals surface area contributed by atoms with E-state index in [-0.39, 0.29) is 11.7 Å². The first-order valence-corrected chi connectivity index (χ1v) is 13.8. The predicted octanol–water partition coefficient (Wildman–Crippen LogP) is 5.09. The first kappa shape index (κ1) is 27.2. The lowest BCUT2D eigenvalue weighted by atomic mass is 9.93. The van der Waals surface area contributed by atoms with E-state index in [1.165, 1.54) is 11.9 Å². The molecule has 0 spiro atoms. The molecule has 8 heteroatoms. The van der Waals surface area contributed by atoms with E-state index in [1.807, 2.05) is 65.6 Å². The van der Waals surface area contributed by atoms with Gasteiger partial charge in [-0.25, -0.2) is 4.72 Å². The number of halogens is 1. The van der Waals surface area contributed by atoms with Crippen molar-refractivity contribution in [2.24, 2.45) is 17.4 Å². The fraction of sp³-hybridized carbons (Fsp3) is 0.310. The second-order valence-electron chi connectivity index (χ2n) is 9.47. The normalized spacial score (nSPS) is 14.9. The third kappa shape index (κ3) is 7.58. The summed E-state index contributed by atoms with van der Waals surface area (Å²) < 4.78 is 3.45. The third-order valence-electron chi connectivity index (χ3n) is 6.81. The molecule has 1 saturated heterocycles. The molecule has 6 nitrogen and oxygen atoms in total. The summed E-state index contributed by atoms with van der Waals surface area (Å²) in [5, 5.41) is 8.48. The average molecular weight is 536 g/mol. The Bertz CT molecular complexity index is 1210. The minimum absolute atomic E-state index is 0.0213. The molecule has 0 aliphatic carbocycles. The van der Waals surface area contributed by atoms with Gasteiger partial charge in [0, 0.05) is 28.6 Å². The first-order valence-electron chi connectivity index (χ1n) is 12.6. The van der Waals surface area contributed by atoms with E-state index in [9.17, 15) is 4.79 Å². The lowest BCUT2D eigenvalue weighted by Gasteiger charge is -2.34. The van der Waals surface area contributed by atoms with Gasteiger partial charge in [0.15, 0.2) is 0 Å². The van der Waals surface area contributed by atoms with E-state index in [4.69, 9.17) is 28.5 Å². The van der Waals surface area contributed by atoms with Crippen LogP contribution >= 0.6 is 23.5 Å². The molecule has 6 N–H and O–H groups in total. The molecule has 0 aromatic heterocycles. The van der Waals surface area contributed by atoms with Crippen molar-refractivity contribution in [3.8, 4) is 11.1 Å². The topological polar surface area (TPSA) is 108 Å². The van der Waals surface area contributed by atoms with Crippen LogP contribution in [0.1, 0.15) is 30.4 Å². The van der Waals surface area contributed by atoms with Crippen LogP contribution in [-0.4, -0.2) is 42.3 Å². The second-order valence-corrected chi connectivity index (χ2v) is 10.8. The number of nitrogens with one attached hydrogen (secondary N) is 2. The van der Waals surface area contributed by atoms with Crippen molar-refractivity contribution in [3.63, 3.8) is 0 Å². The Hall–Kier alpha value is -2.84. The fourth-order valence-corrected chi connectivity index (χ4v) is 5.62. The Morgan fingerprint density at radius 1 is 1.05 bits per heavy atom. The zero-order chi connectivity index (χ0) is 26.2. The zero-order valence-corrected chi connectivity index (χ0v) is 22.4. The van der Waals surface area contributed by atoms with Crippen LogP contribution in [0.5, 0.6) is 0 Å². The van der Waals surface area contributed by atoms with Crippen molar-refractivity contribution in [3.05, 3.63) is 88.9 Å². The molecule has 0 radical (unpaired) electrons. The number of hydrogen-bond donors (Lipinski definition) is 4. The summed E-state index contributed by atoms with van der Waals surface area (Å²) >= 11 is 7.52. The summed E-state index contributed by atoms with van der Waals surface area (Å²) in [5.41, 5.74) is 15.2. The molecule has 3 aromatic rings. The van der Waals surface area contributed by atoms with Crippen LogP contribution in [0.2, 0.25) is 5.02 Å². The summed E-state index contributed by atoms with van der Waals surface area (Å²) in [6.07, 6.45) is 3.51. The first-order chi connectivity index (χ1) is 17.9. The number of carbonyl (C=O) groups is 1. The number of rotatable bonds is 10. The average Bonchev–Trinajstić information content (AvgIpc) is 2.92. The summed E-state index contributed by atoms with van der Waals surface area (Å²) in [5.74, 6) is 0.714. The molecule has 1 fully saturated rings. The van der Waals surface area contributed by atoms with Crippen LogP contribution in [-0.2, 0) is 11.2 Å². The molecule has 3 aromatic carbocycles. The Morgan fingerprint density at radius 2 is 1.78 bits per heavy atom. The molecule has 1 atom stereocenters. The second kappa shape index (κ2) is 13.1. The van der Waals surface area contributed by atoms with Gasteiger partial charge in [0.05, 0.1) is 0 Å². The monoisotopic (exact) mass is 535 g/mol. The quantitative estimate of drug-likeness (QED) is 0.164. The van der Waals surface area contributed by atoms with Crippen LogP contribution in [0.15, 0.2) is 77.7 Å². The van der Waals surface area contributed by atoms with Gasteiger partial charge < -0.3 is 16.4 Å². The SMILES string of the molecule is N=C(N)c1cccc(CC(NSc2cccc(-c3ccc(Cl)cc3)c2)C(=O)N2CCC(CCN)CC2)c1. The van der Waals surface area contributed by atoms with Crippen LogP contribution in [0, 0.1) is 11.3 Å². The number of carbonyl (C=O) groups excluding carboxylic acids is 1. The van der Waals surface area contributed by atoms with Gasteiger partial charge in [-0.05, 0) is 97.1 Å². The number of piperidine rings is 1. The smallest absolute Gasteiger partial charge is 0.240 e. The molecule has 1 amide bonds. The number of benzene rings is 3. The van der Waals surface area contributed by atoms with Crippen molar-refractivity contribution in [1.29, 1.82) is 5.41 Å². The van der Waals surface area contributed by atoms with Gasteiger partial charge in [-0.1, -0.05) is 54.1 Å². The van der Waals surface area contributed by atoms with Crippen molar-refractivity contribution in [1.82, 2.24) is 9.62 Å². The highest BCUT2D eigenvalue weighted by molar-refractivity contribution is 7.97. The molecule has 37 heavy (non-hydrogen) atoms. The highest BCUT2D eigenvalue weighted by atomic mass is 35.5. The maximum Gasteiger partial charge on any atom is 0.240 e. The summed E-state index contributed by atoms with van der Waals surface area (Å²) in [6, 6.07) is 23.1. The van der Waals surface area contributed by atoms with Gasteiger partial charge in [0.25, 0.3) is 0 Å². The van der Waals surface area contributed by atoms with Crippen molar-refractivity contribution in [2.75, 3.05) is 19.6 Å². The molecule has 0 saturated carbocycles. The molecular formula is C29H34ClN5OS. The Kier molecular flexibility index (Phi) is 9.63. The van der Waals surface area contributed by atoms with Gasteiger partial charge in [-0.2, -0.15) is 0 Å². The highest BCUT2D eigenvalue weighted by Crippen LogP contribution is 2.27. The van der Waals surface area contributed by atoms with Crippen molar-refractivity contribution in [2.45, 2.75) is 36.6 Å². The molecule has 1 aliphatic rings. The number of amidine groups is 1. The number of hydrogen-bond acceptors (Lipinski definition) is 5. The standard InChI is InChI=1S/C29H34ClN5OS/c30-25-9-7-22(8-10-25)23-4-2-6-26(19-23)37-34-27(18-21-3-1-5-24(17-21)28(32)33)29(36)35-15-12-20(11-14-31)13-16-35/h1-10,17,19-20,27,34H,11-16,18,31H2,(H3,32,33). The number of nitrogen functional groups attached to an aromatic ring is 1. The lowest BCUT2D eigenvalue weighted by molar-refractivity contribution is -0.134. The molecule has 0 bridgehead atoms. The molecule has 1 heterocycles. The van der Waals surface area contributed by atoms with Gasteiger partial charge in [0.1, 0.15) is 11.9 Å². The molecular weight excluding hydrogens is 502 g/mol. The molecule has 4 rings (SSSR count). The number of nitrogens with two attached hydrogens (primary N) is 2. The Morgan fingerprint density at radius 3 is 2.49 bits per heavy atom. The fourth-order valence-electron chi connectivity index (χ4n) is 4.70. The minimum Gasteiger partial charge on any atom is -0.384 e. The van der Waals surface area contributed by atoms with E-state index in [0.717, 1.165) is 53.9 Å². The van der Waals surface area contributed by atoms with Crippen LogP contribution in [0.4, 0.5) is 0 Å². The maximum atomic E-state index is 13.7. The predicted molar refractivity (Wildman–Crippen MR) is 154 cm³/mol. The third-order valence-corrected chi connectivity index (χ3v) is 7.95. The van der Waals surface area contributed by atoms with Gasteiger partial charge in [-0.15, -0.1) is 0 Å². The molecule has 1 aliphatic heterocycles. The van der Waals surface area contributed by atoms with Crippen LogP contribution in [0.3, 0.4) is 0 Å². The van der Waals surface area contributed by atoms with E-state index in [2.05, 4.69) is 16.9 Å². The highest BCUT2D eigenvalue weighted by Gasteiger charge is 2.28. The minimum atomic E-state index is -0.419. The van der Waals surface area contributed by atoms with Crippen LogP contribution in [0.25, 0.3) is 11.1 Å². The maximum absolute atomic E-state index is 13.7. The van der Waals surface area contributed by atoms with Gasteiger partial charge in [0.2, 0.25) is 5.91 Å². The summed E-state index contributed by atoms with van der Waals surface area (Å²) in [4.78, 5) is 16.7. The number of nitrogens with zero attached hydrogens (tertiary/aromatic N) is 1. The molecule has 194 valence electrons. The number of amides is 1. The Labute approximate surface area is 228 Å². The van der Waals surface area contributed by atoms with E-state index in [0.29, 0.717) is 29.5 Å². The summed E-state index contributed by atoms with van der Waals surface area (Å²) in [7, 11) is 0. The van der Waals surface area contributed by atoms with Crippen molar-refractivity contribution < 1.29 is 4.79 Å². The van der Waals surface area contributed by atoms with Crippen molar-refractivity contribution >= 4 is 35.3 Å². The lowest BCUT2D eigenvalue weighted by Crippen LogP contribution is -2.48. The summed E-state index contributed by atoms with van der Waals surface area (Å²) in [6.45, 7) is 2.21. The largest absolute Gasteiger partial charge is 0.384 e. The van der Waals surface area contributed by atoms with E-state index in [1.54, 1.807) is 0 Å². The van der Waals surface area contributed by atoms with Gasteiger partial charge >= 0.3 is 0 Å². The Balaban J connectivity index is 1.50.